The van der Waals surface area contributed by atoms with Crippen molar-refractivity contribution >= 4 is 5.91 Å². The molecule has 7 heteroatoms. The molecule has 0 radical (unpaired) electrons. The molecule has 3 heterocycles. The molecule has 3 saturated heterocycles. The third kappa shape index (κ3) is 5.94. The van der Waals surface area contributed by atoms with Crippen molar-refractivity contribution in [2.45, 2.75) is 43.9 Å². The minimum absolute atomic E-state index is 0.0723. The highest BCUT2D eigenvalue weighted by Gasteiger charge is 2.28. The molecule has 3 fully saturated rings. The molecule has 7 nitrogen and oxygen atoms in total. The van der Waals surface area contributed by atoms with E-state index < -0.39 is 0 Å². The van der Waals surface area contributed by atoms with Crippen LogP contribution < -0.4 is 10.1 Å². The lowest BCUT2D eigenvalue weighted by molar-refractivity contribution is -0.0855. The van der Waals surface area contributed by atoms with Crippen LogP contribution in [0.3, 0.4) is 0 Å². The Labute approximate surface area is 179 Å². The normalized spacial score (nSPS) is 25.2. The number of piperidine rings is 2. The summed E-state index contributed by atoms with van der Waals surface area (Å²) in [5.41, 5.74) is 0.619. The van der Waals surface area contributed by atoms with Gasteiger partial charge in [-0.25, -0.2) is 0 Å². The van der Waals surface area contributed by atoms with Gasteiger partial charge in [0, 0.05) is 31.2 Å². The van der Waals surface area contributed by atoms with Crippen LogP contribution in [0.4, 0.5) is 0 Å². The Balaban J connectivity index is 1.23. The molecule has 0 aliphatic carbocycles. The number of nitrogens with one attached hydrogen (secondary N) is 1. The first kappa shape index (κ1) is 21.6. The predicted molar refractivity (Wildman–Crippen MR) is 115 cm³/mol. The van der Waals surface area contributed by atoms with Crippen LogP contribution >= 0.6 is 0 Å². The summed E-state index contributed by atoms with van der Waals surface area (Å²) in [6, 6.07) is 8.23. The first-order valence-corrected chi connectivity index (χ1v) is 11.3. The third-order valence-electron chi connectivity index (χ3n) is 6.46. The highest BCUT2D eigenvalue weighted by molar-refractivity contribution is 5.94. The van der Waals surface area contributed by atoms with Crippen LogP contribution in [0.2, 0.25) is 0 Å². The first-order chi connectivity index (χ1) is 14.7. The number of carbonyl (C=O) groups excluding carboxylic acids is 1. The zero-order valence-corrected chi connectivity index (χ0v) is 18.1. The maximum atomic E-state index is 12.5. The Morgan fingerprint density at radius 2 is 1.93 bits per heavy atom. The average Bonchev–Trinajstić information content (AvgIpc) is 2.79. The molecule has 3 aliphatic rings. The van der Waals surface area contributed by atoms with Gasteiger partial charge in [0.25, 0.3) is 5.91 Å². The van der Waals surface area contributed by atoms with Gasteiger partial charge < -0.3 is 29.3 Å². The van der Waals surface area contributed by atoms with E-state index >= 15 is 0 Å². The first-order valence-electron chi connectivity index (χ1n) is 11.3. The fourth-order valence-electron chi connectivity index (χ4n) is 4.59. The summed E-state index contributed by atoms with van der Waals surface area (Å²) in [6.07, 6.45) is 4.79. The fraction of sp³-hybridized carbons (Fsp3) is 0.696. The summed E-state index contributed by atoms with van der Waals surface area (Å²) in [7, 11) is 2.21. The highest BCUT2D eigenvalue weighted by atomic mass is 16.6. The molecular formula is C23H35N3O4. The van der Waals surface area contributed by atoms with E-state index in [0.717, 1.165) is 37.7 Å². The van der Waals surface area contributed by atoms with Gasteiger partial charge in [-0.1, -0.05) is 6.07 Å². The topological polar surface area (TPSA) is 63.3 Å². The van der Waals surface area contributed by atoms with E-state index in [-0.39, 0.29) is 18.1 Å². The van der Waals surface area contributed by atoms with Gasteiger partial charge in [0.2, 0.25) is 0 Å². The highest BCUT2D eigenvalue weighted by Crippen LogP contribution is 2.24. The fourth-order valence-corrected chi connectivity index (χ4v) is 4.59. The van der Waals surface area contributed by atoms with E-state index in [1.807, 2.05) is 24.3 Å². The molecule has 1 amide bonds. The van der Waals surface area contributed by atoms with Crippen molar-refractivity contribution in [1.82, 2.24) is 15.1 Å². The lowest BCUT2D eigenvalue weighted by Gasteiger charge is -2.41. The summed E-state index contributed by atoms with van der Waals surface area (Å²) in [5, 5.41) is 2.94. The third-order valence-corrected chi connectivity index (χ3v) is 6.46. The average molecular weight is 418 g/mol. The molecule has 0 spiro atoms. The van der Waals surface area contributed by atoms with Crippen LogP contribution in [0.15, 0.2) is 24.3 Å². The summed E-state index contributed by atoms with van der Waals surface area (Å²) in [5.74, 6) is 0.671. The zero-order valence-electron chi connectivity index (χ0n) is 18.1. The molecule has 30 heavy (non-hydrogen) atoms. The Morgan fingerprint density at radius 1 is 1.13 bits per heavy atom. The van der Waals surface area contributed by atoms with Gasteiger partial charge in [-0.3, -0.25) is 4.79 Å². The number of likely N-dealkylation sites (tertiary alicyclic amines) is 2. The molecule has 0 aromatic heterocycles. The lowest BCUT2D eigenvalue weighted by atomic mass is 9.99. The van der Waals surface area contributed by atoms with Crippen LogP contribution in [-0.2, 0) is 9.47 Å². The van der Waals surface area contributed by atoms with Crippen LogP contribution in [0, 0.1) is 0 Å². The van der Waals surface area contributed by atoms with Gasteiger partial charge in [-0.2, -0.15) is 0 Å². The number of rotatable bonds is 6. The molecule has 1 aromatic rings. The number of carbonyl (C=O) groups is 1. The quantitative estimate of drug-likeness (QED) is 0.761. The Bertz CT molecular complexity index is 679. The van der Waals surface area contributed by atoms with Crippen molar-refractivity contribution in [3.05, 3.63) is 29.8 Å². The van der Waals surface area contributed by atoms with Crippen LogP contribution in [0.1, 0.15) is 36.0 Å². The predicted octanol–water partition coefficient (Wildman–Crippen LogP) is 1.77. The van der Waals surface area contributed by atoms with Gasteiger partial charge in [-0.15, -0.1) is 0 Å². The van der Waals surface area contributed by atoms with Crippen molar-refractivity contribution in [2.24, 2.45) is 0 Å². The smallest absolute Gasteiger partial charge is 0.251 e. The van der Waals surface area contributed by atoms with E-state index in [1.165, 1.54) is 25.9 Å². The number of hydrogen-bond acceptors (Lipinski definition) is 6. The summed E-state index contributed by atoms with van der Waals surface area (Å²) in [4.78, 5) is 17.6. The Hall–Kier alpha value is -1.67. The molecule has 4 rings (SSSR count). The van der Waals surface area contributed by atoms with Gasteiger partial charge in [-0.05, 0) is 64.0 Å². The lowest BCUT2D eigenvalue weighted by Crippen LogP contribution is -2.48. The summed E-state index contributed by atoms with van der Waals surface area (Å²) < 4.78 is 17.2. The van der Waals surface area contributed by atoms with Crippen LogP contribution in [-0.4, -0.2) is 93.5 Å². The molecule has 1 aromatic carbocycles. The number of nitrogens with zero attached hydrogens (tertiary/aromatic N) is 2. The van der Waals surface area contributed by atoms with E-state index in [4.69, 9.17) is 14.2 Å². The number of amides is 1. The van der Waals surface area contributed by atoms with Gasteiger partial charge in [0.1, 0.15) is 11.9 Å². The van der Waals surface area contributed by atoms with E-state index in [1.54, 1.807) is 0 Å². The van der Waals surface area contributed by atoms with E-state index in [2.05, 4.69) is 22.2 Å². The molecule has 0 unspecified atom stereocenters. The molecular weight excluding hydrogens is 382 g/mol. The second-order valence-electron chi connectivity index (χ2n) is 8.69. The minimum Gasteiger partial charge on any atom is -0.490 e. The molecule has 1 atom stereocenters. The van der Waals surface area contributed by atoms with Crippen molar-refractivity contribution in [2.75, 3.05) is 59.6 Å². The minimum atomic E-state index is -0.105. The molecule has 0 bridgehead atoms. The standard InChI is InChI=1S/C23H35N3O4/c1-25-9-5-19(6-10-25)26-11-7-20(8-12-26)30-21-4-2-3-18(15-21)23(27)24-16-22-17-28-13-14-29-22/h2-4,15,19-20,22H,5-14,16-17H2,1H3,(H,24,27)/t22-/m0/s1. The van der Waals surface area contributed by atoms with E-state index in [9.17, 15) is 4.79 Å². The second kappa shape index (κ2) is 10.6. The Kier molecular flexibility index (Phi) is 7.60. The summed E-state index contributed by atoms with van der Waals surface area (Å²) >= 11 is 0. The SMILES string of the molecule is CN1CCC(N2CCC(Oc3cccc(C(=O)NC[C@H]4COCCO4)c3)CC2)CC1. The zero-order chi connectivity index (χ0) is 20.8. The van der Waals surface area contributed by atoms with Crippen molar-refractivity contribution in [1.29, 1.82) is 0 Å². The Morgan fingerprint density at radius 3 is 2.67 bits per heavy atom. The monoisotopic (exact) mass is 417 g/mol. The number of ether oxygens (including phenoxy) is 3. The van der Waals surface area contributed by atoms with E-state index in [0.29, 0.717) is 31.9 Å². The molecule has 3 aliphatic heterocycles. The number of benzene rings is 1. The maximum absolute atomic E-state index is 12.5. The van der Waals surface area contributed by atoms with Crippen molar-refractivity contribution < 1.29 is 19.0 Å². The van der Waals surface area contributed by atoms with Crippen LogP contribution in [0.5, 0.6) is 5.75 Å². The maximum Gasteiger partial charge on any atom is 0.251 e. The molecule has 166 valence electrons. The molecule has 0 saturated carbocycles. The summed E-state index contributed by atoms with van der Waals surface area (Å²) in [6.45, 7) is 6.80. The van der Waals surface area contributed by atoms with Gasteiger partial charge in [0.05, 0.1) is 25.9 Å². The second-order valence-corrected chi connectivity index (χ2v) is 8.69. The van der Waals surface area contributed by atoms with Crippen LogP contribution in [0.25, 0.3) is 0 Å². The van der Waals surface area contributed by atoms with Crippen molar-refractivity contribution in [3.63, 3.8) is 0 Å². The van der Waals surface area contributed by atoms with Gasteiger partial charge in [0.15, 0.2) is 0 Å². The van der Waals surface area contributed by atoms with Crippen molar-refractivity contribution in [3.8, 4) is 5.75 Å². The largest absolute Gasteiger partial charge is 0.490 e. The molecule has 1 N–H and O–H groups in total. The van der Waals surface area contributed by atoms with Gasteiger partial charge >= 0.3 is 0 Å². The number of hydrogen-bond donors (Lipinski definition) is 1.